The number of aromatic nitrogens is 1. The number of nitrogens with one attached hydrogen (secondary N) is 3. The van der Waals surface area contributed by atoms with Crippen molar-refractivity contribution in [1.82, 2.24) is 15.6 Å². The second-order valence-electron chi connectivity index (χ2n) is 6.43. The molecule has 0 aliphatic rings. The molecule has 0 saturated heterocycles. The first kappa shape index (κ1) is 21.2. The van der Waals surface area contributed by atoms with Gasteiger partial charge in [0.15, 0.2) is 5.96 Å². The first-order chi connectivity index (χ1) is 12.9. The van der Waals surface area contributed by atoms with Crippen molar-refractivity contribution in [3.8, 4) is 0 Å². The average Bonchev–Trinajstić information content (AvgIpc) is 3.05. The molecule has 7 nitrogen and oxygen atoms in total. The molecule has 0 aliphatic carbocycles. The van der Waals surface area contributed by atoms with E-state index in [1.165, 1.54) is 28.3 Å². The summed E-state index contributed by atoms with van der Waals surface area (Å²) in [6, 6.07) is 6.42. The van der Waals surface area contributed by atoms with Gasteiger partial charge in [-0.3, -0.25) is 4.99 Å². The fourth-order valence-corrected chi connectivity index (χ4v) is 3.29. The number of hydrogen-bond acceptors (Lipinski definition) is 4. The first-order valence-corrected chi connectivity index (χ1v) is 11.3. The van der Waals surface area contributed by atoms with Crippen LogP contribution >= 0.6 is 0 Å². The van der Waals surface area contributed by atoms with E-state index >= 15 is 0 Å². The number of aliphatic imine (C=N–C) groups is 1. The monoisotopic (exact) mass is 394 g/mol. The summed E-state index contributed by atoms with van der Waals surface area (Å²) in [5.74, 6) is 0.750. The summed E-state index contributed by atoms with van der Waals surface area (Å²) >= 11 is 0. The van der Waals surface area contributed by atoms with Crippen LogP contribution in [0, 0.1) is 0 Å². The summed E-state index contributed by atoms with van der Waals surface area (Å²) < 4.78 is 27.4. The van der Waals surface area contributed by atoms with Gasteiger partial charge in [0.1, 0.15) is 9.84 Å². The van der Waals surface area contributed by atoms with Crippen molar-refractivity contribution in [1.29, 1.82) is 0 Å². The Labute approximate surface area is 161 Å². The lowest BCUT2D eigenvalue weighted by atomic mass is 10.1. The molecule has 0 aliphatic heterocycles. The second kappa shape index (κ2) is 10.3. The Morgan fingerprint density at radius 1 is 1.19 bits per heavy atom. The number of aryl methyl sites for hydroxylation is 1. The summed E-state index contributed by atoms with van der Waals surface area (Å²) in [4.78, 5) is 7.58. The van der Waals surface area contributed by atoms with Gasteiger partial charge >= 0.3 is 0 Å². The standard InChI is InChI=1S/C19H30N4O3S/c1-4-15-6-5-7-17-16(14-23-18(15)17)8-9-21-19(20-2)22-10-11-26-12-13-27(3,24)25/h5-7,14,23H,4,8-13H2,1-3H3,(H2,20,21,22). The summed E-state index contributed by atoms with van der Waals surface area (Å²) in [5, 5.41) is 7.73. The minimum atomic E-state index is -2.97. The van der Waals surface area contributed by atoms with Crippen LogP contribution in [0.25, 0.3) is 10.9 Å². The molecule has 27 heavy (non-hydrogen) atoms. The molecule has 2 rings (SSSR count). The van der Waals surface area contributed by atoms with Crippen LogP contribution in [0.1, 0.15) is 18.1 Å². The number of nitrogens with zero attached hydrogens (tertiary/aromatic N) is 1. The van der Waals surface area contributed by atoms with Crippen LogP contribution in [0.5, 0.6) is 0 Å². The zero-order valence-electron chi connectivity index (χ0n) is 16.3. The molecular formula is C19H30N4O3S. The van der Waals surface area contributed by atoms with E-state index in [9.17, 15) is 8.42 Å². The van der Waals surface area contributed by atoms with E-state index in [0.717, 1.165) is 19.4 Å². The van der Waals surface area contributed by atoms with Gasteiger partial charge in [0.05, 0.1) is 19.0 Å². The van der Waals surface area contributed by atoms with Gasteiger partial charge in [0.2, 0.25) is 0 Å². The predicted molar refractivity (Wildman–Crippen MR) is 111 cm³/mol. The van der Waals surface area contributed by atoms with Crippen LogP contribution in [0.4, 0.5) is 0 Å². The van der Waals surface area contributed by atoms with Gasteiger partial charge < -0.3 is 20.4 Å². The van der Waals surface area contributed by atoms with Crippen LogP contribution in [0.2, 0.25) is 0 Å². The highest BCUT2D eigenvalue weighted by Gasteiger charge is 2.07. The number of benzene rings is 1. The highest BCUT2D eigenvalue weighted by molar-refractivity contribution is 7.90. The van der Waals surface area contributed by atoms with E-state index in [-0.39, 0.29) is 12.4 Å². The predicted octanol–water partition coefficient (Wildman–Crippen LogP) is 1.50. The highest BCUT2D eigenvalue weighted by atomic mass is 32.2. The molecule has 0 fully saturated rings. The Hall–Kier alpha value is -2.06. The van der Waals surface area contributed by atoms with Gasteiger partial charge in [-0.15, -0.1) is 0 Å². The molecule has 0 atom stereocenters. The maximum absolute atomic E-state index is 11.0. The van der Waals surface area contributed by atoms with Crippen molar-refractivity contribution in [3.63, 3.8) is 0 Å². The normalized spacial score (nSPS) is 12.5. The van der Waals surface area contributed by atoms with Gasteiger partial charge in [0.25, 0.3) is 0 Å². The molecule has 1 aromatic carbocycles. The Balaban J connectivity index is 1.72. The maximum atomic E-state index is 11.0. The second-order valence-corrected chi connectivity index (χ2v) is 8.68. The third-order valence-corrected chi connectivity index (χ3v) is 5.22. The molecule has 2 aromatic rings. The van der Waals surface area contributed by atoms with Crippen molar-refractivity contribution in [2.75, 3.05) is 45.4 Å². The van der Waals surface area contributed by atoms with Crippen LogP contribution in [0.15, 0.2) is 29.4 Å². The molecule has 0 amide bonds. The summed E-state index contributed by atoms with van der Waals surface area (Å²) in [6.07, 6.45) is 5.19. The van der Waals surface area contributed by atoms with Gasteiger partial charge in [-0.25, -0.2) is 8.42 Å². The van der Waals surface area contributed by atoms with E-state index < -0.39 is 9.84 Å². The molecule has 0 unspecified atom stereocenters. The maximum Gasteiger partial charge on any atom is 0.191 e. The summed E-state index contributed by atoms with van der Waals surface area (Å²) in [5.41, 5.74) is 3.84. The molecule has 3 N–H and O–H groups in total. The number of aromatic amines is 1. The SMILES string of the molecule is CCc1cccc2c(CCNC(=NC)NCCOCCS(C)(=O)=O)c[nH]c12. The van der Waals surface area contributed by atoms with Crippen molar-refractivity contribution < 1.29 is 13.2 Å². The molecule has 8 heteroatoms. The molecule has 0 saturated carbocycles. The third kappa shape index (κ3) is 6.88. The molecular weight excluding hydrogens is 364 g/mol. The highest BCUT2D eigenvalue weighted by Crippen LogP contribution is 2.22. The van der Waals surface area contributed by atoms with E-state index in [4.69, 9.17) is 4.74 Å². The third-order valence-electron chi connectivity index (χ3n) is 4.32. The quantitative estimate of drug-likeness (QED) is 0.322. The number of sulfone groups is 1. The lowest BCUT2D eigenvalue weighted by molar-refractivity contribution is 0.154. The van der Waals surface area contributed by atoms with Gasteiger partial charge in [0, 0.05) is 43.5 Å². The number of hydrogen-bond donors (Lipinski definition) is 3. The van der Waals surface area contributed by atoms with E-state index in [1.807, 2.05) is 0 Å². The number of ether oxygens (including phenoxy) is 1. The van der Waals surface area contributed by atoms with Crippen LogP contribution in [-0.2, 0) is 27.4 Å². The van der Waals surface area contributed by atoms with E-state index in [0.29, 0.717) is 19.1 Å². The smallest absolute Gasteiger partial charge is 0.191 e. The molecule has 1 aromatic heterocycles. The number of H-pyrrole nitrogens is 1. The number of guanidine groups is 1. The lowest BCUT2D eigenvalue weighted by Crippen LogP contribution is -2.39. The number of fused-ring (bicyclic) bond motifs is 1. The number of rotatable bonds is 10. The Kier molecular flexibility index (Phi) is 8.12. The van der Waals surface area contributed by atoms with Crippen molar-refractivity contribution >= 4 is 26.7 Å². The van der Waals surface area contributed by atoms with Crippen molar-refractivity contribution in [2.24, 2.45) is 4.99 Å². The van der Waals surface area contributed by atoms with Gasteiger partial charge in [-0.2, -0.15) is 0 Å². The van der Waals surface area contributed by atoms with Crippen molar-refractivity contribution in [2.45, 2.75) is 19.8 Å². The van der Waals surface area contributed by atoms with Crippen LogP contribution in [0.3, 0.4) is 0 Å². The van der Waals surface area contributed by atoms with E-state index in [1.54, 1.807) is 7.05 Å². The average molecular weight is 395 g/mol. The van der Waals surface area contributed by atoms with Crippen LogP contribution < -0.4 is 10.6 Å². The Bertz CT molecular complexity index is 859. The molecule has 150 valence electrons. The summed E-state index contributed by atoms with van der Waals surface area (Å²) in [6.45, 7) is 4.14. The van der Waals surface area contributed by atoms with Crippen molar-refractivity contribution in [3.05, 3.63) is 35.5 Å². The Morgan fingerprint density at radius 2 is 1.96 bits per heavy atom. The zero-order valence-corrected chi connectivity index (χ0v) is 17.2. The van der Waals surface area contributed by atoms with Gasteiger partial charge in [-0.1, -0.05) is 25.1 Å². The summed E-state index contributed by atoms with van der Waals surface area (Å²) in [7, 11) is -1.25. The van der Waals surface area contributed by atoms with E-state index in [2.05, 4.69) is 51.9 Å². The lowest BCUT2D eigenvalue weighted by Gasteiger charge is -2.12. The Morgan fingerprint density at radius 3 is 2.67 bits per heavy atom. The molecule has 0 bridgehead atoms. The minimum absolute atomic E-state index is 0.0460. The molecule has 0 radical (unpaired) electrons. The fraction of sp³-hybridized carbons (Fsp3) is 0.526. The molecule has 1 heterocycles. The fourth-order valence-electron chi connectivity index (χ4n) is 2.87. The number of para-hydroxylation sites is 1. The topological polar surface area (TPSA) is 95.6 Å². The van der Waals surface area contributed by atoms with Gasteiger partial charge in [-0.05, 0) is 24.0 Å². The molecule has 0 spiro atoms. The first-order valence-electron chi connectivity index (χ1n) is 9.22. The minimum Gasteiger partial charge on any atom is -0.379 e. The largest absolute Gasteiger partial charge is 0.379 e. The van der Waals surface area contributed by atoms with Crippen LogP contribution in [-0.4, -0.2) is 64.7 Å². The zero-order chi connectivity index (χ0) is 19.7.